The maximum Gasteiger partial charge on any atom is 0.270 e. The van der Waals surface area contributed by atoms with E-state index in [1.807, 2.05) is 38.1 Å². The van der Waals surface area contributed by atoms with Crippen LogP contribution in [0.25, 0.3) is 6.08 Å². The van der Waals surface area contributed by atoms with Crippen LogP contribution in [-0.2, 0) is 9.59 Å². The van der Waals surface area contributed by atoms with Gasteiger partial charge in [0.1, 0.15) is 5.57 Å². The van der Waals surface area contributed by atoms with E-state index in [4.69, 9.17) is 12.2 Å². The summed E-state index contributed by atoms with van der Waals surface area (Å²) in [6, 6.07) is 11.9. The highest BCUT2D eigenvalue weighted by Crippen LogP contribution is 2.42. The second kappa shape index (κ2) is 7.85. The van der Waals surface area contributed by atoms with Crippen LogP contribution >= 0.6 is 12.2 Å². The molecule has 4 rings (SSSR count). The minimum absolute atomic E-state index is 0.0769. The number of benzene rings is 2. The molecule has 2 heterocycles. The molecule has 6 heteroatoms. The molecule has 1 atom stereocenters. The molecule has 2 amide bonds. The average Bonchev–Trinajstić information content (AvgIpc) is 2.72. The van der Waals surface area contributed by atoms with Gasteiger partial charge < -0.3 is 4.90 Å². The predicted octanol–water partition coefficient (Wildman–Crippen LogP) is 4.86. The van der Waals surface area contributed by atoms with Crippen LogP contribution in [0.4, 0.5) is 11.4 Å². The van der Waals surface area contributed by atoms with Crippen LogP contribution in [0, 0.1) is 13.8 Å². The van der Waals surface area contributed by atoms with Crippen LogP contribution in [0.3, 0.4) is 0 Å². The largest absolute Gasteiger partial charge is 0.369 e. The summed E-state index contributed by atoms with van der Waals surface area (Å²) in [7, 11) is 2.12. The molecule has 2 aromatic rings. The molecule has 2 aliphatic rings. The minimum atomic E-state index is -0.467. The number of nitrogens with zero attached hydrogens (tertiary/aromatic N) is 2. The smallest absolute Gasteiger partial charge is 0.270 e. The Balaban J connectivity index is 1.75. The summed E-state index contributed by atoms with van der Waals surface area (Å²) >= 11 is 5.35. The topological polar surface area (TPSA) is 52.7 Å². The van der Waals surface area contributed by atoms with Crippen molar-refractivity contribution >= 4 is 46.6 Å². The van der Waals surface area contributed by atoms with Gasteiger partial charge in [-0.15, -0.1) is 0 Å². The van der Waals surface area contributed by atoms with Gasteiger partial charge in [-0.05, 0) is 98.8 Å². The molecule has 2 aromatic carbocycles. The van der Waals surface area contributed by atoms with Gasteiger partial charge in [-0.3, -0.25) is 19.8 Å². The van der Waals surface area contributed by atoms with E-state index in [2.05, 4.69) is 50.2 Å². The normalized spacial score (nSPS) is 21.6. The average molecular weight is 448 g/mol. The number of thiocarbonyl (C=S) groups is 1. The van der Waals surface area contributed by atoms with Gasteiger partial charge in [0.2, 0.25) is 0 Å². The lowest BCUT2D eigenvalue weighted by Gasteiger charge is -2.45. The van der Waals surface area contributed by atoms with Gasteiger partial charge in [0.25, 0.3) is 11.8 Å². The van der Waals surface area contributed by atoms with Crippen LogP contribution in [0.5, 0.6) is 0 Å². The molecule has 0 aromatic heterocycles. The number of carbonyl (C=O) groups is 2. The molecule has 2 aliphatic heterocycles. The maximum absolute atomic E-state index is 13.4. The summed E-state index contributed by atoms with van der Waals surface area (Å²) in [6.07, 6.45) is 2.70. The third-order valence-electron chi connectivity index (χ3n) is 6.89. The number of carbonyl (C=O) groups excluding carboxylic acids is 2. The van der Waals surface area contributed by atoms with Gasteiger partial charge in [-0.25, -0.2) is 0 Å². The fraction of sp³-hybridized carbons (Fsp3) is 0.346. The highest BCUT2D eigenvalue weighted by Gasteiger charge is 2.36. The maximum atomic E-state index is 13.4. The number of anilines is 2. The predicted molar refractivity (Wildman–Crippen MR) is 134 cm³/mol. The monoisotopic (exact) mass is 447 g/mol. The molecule has 32 heavy (non-hydrogen) atoms. The fourth-order valence-corrected chi connectivity index (χ4v) is 4.98. The highest BCUT2D eigenvalue weighted by atomic mass is 32.1. The zero-order valence-corrected chi connectivity index (χ0v) is 20.3. The Hall–Kier alpha value is -2.99. The molecule has 166 valence electrons. The molecule has 0 radical (unpaired) electrons. The van der Waals surface area contributed by atoms with E-state index in [1.165, 1.54) is 16.2 Å². The molecule has 0 spiro atoms. The molecule has 1 N–H and O–H groups in total. The molecular formula is C26H29N3O2S. The number of rotatable bonds is 2. The van der Waals surface area contributed by atoms with E-state index in [1.54, 1.807) is 6.08 Å². The van der Waals surface area contributed by atoms with Gasteiger partial charge in [-0.1, -0.05) is 25.1 Å². The van der Waals surface area contributed by atoms with E-state index in [-0.39, 0.29) is 16.2 Å². The molecule has 0 unspecified atom stereocenters. The number of hydrogen-bond donors (Lipinski definition) is 1. The number of hydrogen-bond acceptors (Lipinski definition) is 4. The van der Waals surface area contributed by atoms with Crippen molar-refractivity contribution in [1.82, 2.24) is 5.32 Å². The Morgan fingerprint density at radius 1 is 1.12 bits per heavy atom. The van der Waals surface area contributed by atoms with Gasteiger partial charge in [0.15, 0.2) is 5.11 Å². The summed E-state index contributed by atoms with van der Waals surface area (Å²) in [4.78, 5) is 29.8. The first-order chi connectivity index (χ1) is 15.0. The van der Waals surface area contributed by atoms with Gasteiger partial charge in [-0.2, -0.15) is 0 Å². The van der Waals surface area contributed by atoms with Crippen molar-refractivity contribution in [2.75, 3.05) is 16.8 Å². The van der Waals surface area contributed by atoms with Gasteiger partial charge in [0, 0.05) is 18.3 Å². The fourth-order valence-electron chi connectivity index (χ4n) is 4.71. The Kier molecular flexibility index (Phi) is 5.45. The second-order valence-corrected chi connectivity index (χ2v) is 9.86. The molecule has 1 saturated heterocycles. The van der Waals surface area contributed by atoms with Crippen molar-refractivity contribution in [1.29, 1.82) is 0 Å². The summed E-state index contributed by atoms with van der Waals surface area (Å²) in [5.74, 6) is -0.494. The lowest BCUT2D eigenvalue weighted by molar-refractivity contribution is -0.122. The van der Waals surface area contributed by atoms with Crippen molar-refractivity contribution in [2.45, 2.75) is 52.5 Å². The Labute approximate surface area is 195 Å². The molecule has 1 fully saturated rings. The van der Waals surface area contributed by atoms with E-state index in [0.717, 1.165) is 23.1 Å². The zero-order chi connectivity index (χ0) is 23.4. The standard InChI is InChI=1S/C26H29N3O2S/c1-15-8-7-9-21(17(15)3)29-24(31)20(23(30)27-25(29)32)13-18-10-11-22-19(12-18)16(2)14-26(4,5)28(22)6/h7-13,16H,14H2,1-6H3,(H,27,30,32)/b20-13+/t16-/m0/s1. The Morgan fingerprint density at radius 3 is 2.56 bits per heavy atom. The molecular weight excluding hydrogens is 418 g/mol. The third kappa shape index (κ3) is 3.62. The summed E-state index contributed by atoms with van der Waals surface area (Å²) in [5, 5.41) is 2.79. The van der Waals surface area contributed by atoms with Crippen molar-refractivity contribution in [3.8, 4) is 0 Å². The number of nitrogens with one attached hydrogen (secondary N) is 1. The van der Waals surface area contributed by atoms with Crippen molar-refractivity contribution < 1.29 is 9.59 Å². The van der Waals surface area contributed by atoms with E-state index < -0.39 is 11.8 Å². The molecule has 0 aliphatic carbocycles. The first kappa shape index (κ1) is 22.2. The van der Waals surface area contributed by atoms with E-state index in [9.17, 15) is 9.59 Å². The van der Waals surface area contributed by atoms with Gasteiger partial charge >= 0.3 is 0 Å². The summed E-state index contributed by atoms with van der Waals surface area (Å²) in [5.41, 5.74) is 6.10. The van der Waals surface area contributed by atoms with Crippen LogP contribution in [0.1, 0.15) is 55.4 Å². The molecule has 0 bridgehead atoms. The van der Waals surface area contributed by atoms with Crippen LogP contribution in [-0.4, -0.2) is 29.5 Å². The molecule has 0 saturated carbocycles. The number of fused-ring (bicyclic) bond motifs is 1. The van der Waals surface area contributed by atoms with E-state index in [0.29, 0.717) is 11.6 Å². The number of aryl methyl sites for hydroxylation is 1. The lowest BCUT2D eigenvalue weighted by Crippen LogP contribution is -2.54. The minimum Gasteiger partial charge on any atom is -0.369 e. The Morgan fingerprint density at radius 2 is 1.84 bits per heavy atom. The van der Waals surface area contributed by atoms with Crippen molar-refractivity contribution in [3.05, 3.63) is 64.2 Å². The lowest BCUT2D eigenvalue weighted by atomic mass is 9.80. The first-order valence-electron chi connectivity index (χ1n) is 10.9. The van der Waals surface area contributed by atoms with E-state index >= 15 is 0 Å². The first-order valence-corrected chi connectivity index (χ1v) is 11.3. The van der Waals surface area contributed by atoms with Crippen molar-refractivity contribution in [2.24, 2.45) is 0 Å². The quantitative estimate of drug-likeness (QED) is 0.406. The van der Waals surface area contributed by atoms with Gasteiger partial charge in [0.05, 0.1) is 5.69 Å². The van der Waals surface area contributed by atoms with Crippen LogP contribution in [0.2, 0.25) is 0 Å². The molecule has 5 nitrogen and oxygen atoms in total. The SMILES string of the molecule is Cc1cccc(N2C(=O)/C(=C/c3ccc4c(c3)[C@@H](C)CC(C)(C)N4C)C(=O)NC2=S)c1C. The zero-order valence-electron chi connectivity index (χ0n) is 19.4. The third-order valence-corrected chi connectivity index (χ3v) is 7.17. The van der Waals surface area contributed by atoms with Crippen LogP contribution < -0.4 is 15.1 Å². The summed E-state index contributed by atoms with van der Waals surface area (Å²) < 4.78 is 0. The number of amides is 2. The Bertz CT molecular complexity index is 1180. The second-order valence-electron chi connectivity index (χ2n) is 9.47. The van der Waals surface area contributed by atoms with Crippen LogP contribution in [0.15, 0.2) is 42.0 Å². The highest BCUT2D eigenvalue weighted by molar-refractivity contribution is 7.80. The van der Waals surface area contributed by atoms with Crippen molar-refractivity contribution in [3.63, 3.8) is 0 Å². The summed E-state index contributed by atoms with van der Waals surface area (Å²) in [6.45, 7) is 10.7.